The fourth-order valence-electron chi connectivity index (χ4n) is 4.84. The number of benzene rings is 4. The zero-order chi connectivity index (χ0) is 31.9. The Bertz CT molecular complexity index is 1680. The van der Waals surface area contributed by atoms with Gasteiger partial charge in [0.2, 0.25) is 11.8 Å². The summed E-state index contributed by atoms with van der Waals surface area (Å²) in [6, 6.07) is 28.9. The topological polar surface area (TPSA) is 86.8 Å². The molecular formula is C35H38ClN3O4S. The number of halogens is 1. The highest BCUT2D eigenvalue weighted by Crippen LogP contribution is 2.26. The third-order valence-electron chi connectivity index (χ3n) is 7.15. The average molecular weight is 632 g/mol. The maximum atomic E-state index is 14.4. The van der Waals surface area contributed by atoms with Crippen molar-refractivity contribution in [1.29, 1.82) is 0 Å². The first-order valence-corrected chi connectivity index (χ1v) is 16.3. The predicted octanol–water partition coefficient (Wildman–Crippen LogP) is 6.32. The summed E-state index contributed by atoms with van der Waals surface area (Å²) in [5.74, 6) is -0.858. The molecule has 2 amide bonds. The van der Waals surface area contributed by atoms with Crippen LogP contribution in [0.3, 0.4) is 0 Å². The minimum Gasteiger partial charge on any atom is -0.352 e. The Morgan fingerprint density at radius 3 is 1.98 bits per heavy atom. The van der Waals surface area contributed by atoms with Gasteiger partial charge in [-0.25, -0.2) is 8.42 Å². The molecule has 1 N–H and O–H groups in total. The molecular weight excluding hydrogens is 594 g/mol. The number of nitrogens with one attached hydrogen (secondary N) is 1. The molecule has 230 valence electrons. The Kier molecular flexibility index (Phi) is 10.8. The van der Waals surface area contributed by atoms with Crippen molar-refractivity contribution in [3.8, 4) is 0 Å². The van der Waals surface area contributed by atoms with Crippen molar-refractivity contribution in [3.05, 3.63) is 130 Å². The molecule has 0 spiro atoms. The molecule has 0 aliphatic carbocycles. The first-order valence-electron chi connectivity index (χ1n) is 14.5. The summed E-state index contributed by atoms with van der Waals surface area (Å²) in [6.45, 7) is 7.03. The zero-order valence-electron chi connectivity index (χ0n) is 25.4. The van der Waals surface area contributed by atoms with Crippen LogP contribution in [0.15, 0.2) is 108 Å². The maximum Gasteiger partial charge on any atom is 0.264 e. The van der Waals surface area contributed by atoms with Crippen molar-refractivity contribution < 1.29 is 18.0 Å². The summed E-state index contributed by atoms with van der Waals surface area (Å²) in [6.07, 6.45) is 0.237. The first kappa shape index (κ1) is 32.8. The minimum atomic E-state index is -4.15. The predicted molar refractivity (Wildman–Crippen MR) is 176 cm³/mol. The first-order chi connectivity index (χ1) is 20.9. The number of nitrogens with zero attached hydrogens (tertiary/aromatic N) is 2. The van der Waals surface area contributed by atoms with Crippen molar-refractivity contribution in [2.24, 2.45) is 0 Å². The Morgan fingerprint density at radius 2 is 1.39 bits per heavy atom. The summed E-state index contributed by atoms with van der Waals surface area (Å²) >= 11 is 6.29. The number of carbonyl (C=O) groups excluding carboxylic acids is 2. The number of carbonyl (C=O) groups is 2. The molecule has 0 saturated heterocycles. The smallest absolute Gasteiger partial charge is 0.264 e. The van der Waals surface area contributed by atoms with Gasteiger partial charge >= 0.3 is 0 Å². The number of amides is 2. The van der Waals surface area contributed by atoms with Gasteiger partial charge in [-0.1, -0.05) is 89.5 Å². The van der Waals surface area contributed by atoms with E-state index < -0.39 is 28.5 Å². The molecule has 0 fully saturated rings. The molecule has 0 saturated carbocycles. The second kappa shape index (κ2) is 14.6. The van der Waals surface area contributed by atoms with Crippen molar-refractivity contribution >= 4 is 39.1 Å². The molecule has 0 bridgehead atoms. The van der Waals surface area contributed by atoms with Crippen LogP contribution in [0.2, 0.25) is 5.02 Å². The van der Waals surface area contributed by atoms with E-state index in [2.05, 4.69) is 5.32 Å². The van der Waals surface area contributed by atoms with E-state index in [4.69, 9.17) is 11.6 Å². The number of hydrogen-bond acceptors (Lipinski definition) is 4. The second-order valence-corrected chi connectivity index (χ2v) is 13.5. The largest absolute Gasteiger partial charge is 0.352 e. The van der Waals surface area contributed by atoms with Gasteiger partial charge in [-0.3, -0.25) is 13.9 Å². The van der Waals surface area contributed by atoms with Gasteiger partial charge in [-0.2, -0.15) is 0 Å². The van der Waals surface area contributed by atoms with Crippen LogP contribution in [-0.4, -0.2) is 43.8 Å². The molecule has 0 radical (unpaired) electrons. The molecule has 4 aromatic rings. The van der Waals surface area contributed by atoms with Crippen LogP contribution in [0.5, 0.6) is 0 Å². The highest BCUT2D eigenvalue weighted by Gasteiger charge is 2.34. The molecule has 1 atom stereocenters. The lowest BCUT2D eigenvalue weighted by Gasteiger charge is -2.34. The molecule has 4 rings (SSSR count). The van der Waals surface area contributed by atoms with Crippen LogP contribution in [0.4, 0.5) is 5.69 Å². The molecule has 0 aliphatic rings. The van der Waals surface area contributed by atoms with Crippen LogP contribution >= 0.6 is 11.6 Å². The number of aryl methyl sites for hydroxylation is 2. The van der Waals surface area contributed by atoms with E-state index in [-0.39, 0.29) is 29.8 Å². The van der Waals surface area contributed by atoms with Crippen LogP contribution in [0.1, 0.15) is 36.1 Å². The average Bonchev–Trinajstić information content (AvgIpc) is 2.98. The van der Waals surface area contributed by atoms with Gasteiger partial charge in [-0.05, 0) is 75.2 Å². The SMILES string of the molecule is Cc1ccc(N(CC(=O)N(Cc2cccc(Cl)c2)C(Cc2ccccc2)C(=O)NC(C)C)S(=O)(=O)c2ccc(C)cc2)cc1. The third-order valence-corrected chi connectivity index (χ3v) is 9.18. The summed E-state index contributed by atoms with van der Waals surface area (Å²) in [5, 5.41) is 3.45. The lowest BCUT2D eigenvalue weighted by molar-refractivity contribution is -0.140. The Morgan fingerprint density at radius 1 is 0.795 bits per heavy atom. The quantitative estimate of drug-likeness (QED) is 0.198. The fourth-order valence-corrected chi connectivity index (χ4v) is 6.47. The van der Waals surface area contributed by atoms with E-state index in [9.17, 15) is 18.0 Å². The molecule has 4 aromatic carbocycles. The van der Waals surface area contributed by atoms with Crippen LogP contribution in [-0.2, 0) is 32.6 Å². The third kappa shape index (κ3) is 8.49. The zero-order valence-corrected chi connectivity index (χ0v) is 27.0. The lowest BCUT2D eigenvalue weighted by atomic mass is 10.0. The van der Waals surface area contributed by atoms with E-state index in [0.29, 0.717) is 16.3 Å². The summed E-state index contributed by atoms with van der Waals surface area (Å²) in [4.78, 5) is 29.7. The molecule has 0 aromatic heterocycles. The van der Waals surface area contributed by atoms with Crippen LogP contribution in [0.25, 0.3) is 0 Å². The van der Waals surface area contributed by atoms with Crippen molar-refractivity contribution in [1.82, 2.24) is 10.2 Å². The van der Waals surface area contributed by atoms with Crippen molar-refractivity contribution in [2.75, 3.05) is 10.8 Å². The molecule has 9 heteroatoms. The Balaban J connectivity index is 1.80. The highest BCUT2D eigenvalue weighted by atomic mass is 35.5. The number of sulfonamides is 1. The highest BCUT2D eigenvalue weighted by molar-refractivity contribution is 7.92. The number of anilines is 1. The van der Waals surface area contributed by atoms with Crippen LogP contribution in [0, 0.1) is 13.8 Å². The summed E-state index contributed by atoms with van der Waals surface area (Å²) in [7, 11) is -4.15. The standard InChI is InChI=1S/C35H38ClN3O4S/c1-25(2)37-35(41)33(22-28-9-6-5-7-10-28)38(23-29-11-8-12-30(36)21-29)34(40)24-39(31-17-13-26(3)14-18-31)44(42,43)32-19-15-27(4)16-20-32/h5-21,25,33H,22-24H2,1-4H3,(H,37,41). The van der Waals surface area contributed by atoms with Crippen molar-refractivity contribution in [2.45, 2.75) is 57.6 Å². The van der Waals surface area contributed by atoms with Gasteiger partial charge in [-0.15, -0.1) is 0 Å². The molecule has 0 aliphatic heterocycles. The van der Waals surface area contributed by atoms with E-state index >= 15 is 0 Å². The van der Waals surface area contributed by atoms with E-state index in [1.54, 1.807) is 54.6 Å². The van der Waals surface area contributed by atoms with E-state index in [0.717, 1.165) is 21.0 Å². The van der Waals surface area contributed by atoms with E-state index in [1.807, 2.05) is 64.1 Å². The van der Waals surface area contributed by atoms with Gasteiger partial charge in [0, 0.05) is 24.0 Å². The molecule has 44 heavy (non-hydrogen) atoms. The van der Waals surface area contributed by atoms with Crippen LogP contribution < -0.4 is 9.62 Å². The van der Waals surface area contributed by atoms with Gasteiger partial charge in [0.1, 0.15) is 12.6 Å². The lowest BCUT2D eigenvalue weighted by Crippen LogP contribution is -2.54. The minimum absolute atomic E-state index is 0.0503. The van der Waals surface area contributed by atoms with Gasteiger partial charge < -0.3 is 10.2 Å². The van der Waals surface area contributed by atoms with Gasteiger partial charge in [0.15, 0.2) is 0 Å². The normalized spacial score (nSPS) is 12.0. The van der Waals surface area contributed by atoms with Gasteiger partial charge in [0.25, 0.3) is 10.0 Å². The number of rotatable bonds is 12. The summed E-state index contributed by atoms with van der Waals surface area (Å²) in [5.41, 5.74) is 3.78. The second-order valence-electron chi connectivity index (χ2n) is 11.2. The molecule has 7 nitrogen and oxygen atoms in total. The monoisotopic (exact) mass is 631 g/mol. The van der Waals surface area contributed by atoms with Gasteiger partial charge in [0.05, 0.1) is 10.6 Å². The fraction of sp³-hybridized carbons (Fsp3) is 0.257. The maximum absolute atomic E-state index is 14.4. The molecule has 0 heterocycles. The summed E-state index contributed by atoms with van der Waals surface area (Å²) < 4.78 is 29.3. The van der Waals surface area contributed by atoms with E-state index in [1.165, 1.54) is 17.0 Å². The van der Waals surface area contributed by atoms with Crippen molar-refractivity contribution in [3.63, 3.8) is 0 Å². The number of hydrogen-bond donors (Lipinski definition) is 1. The Labute approximate surface area is 265 Å². The molecule has 1 unspecified atom stereocenters. The Hall–Kier alpha value is -4.14.